The molecular formula is C29H25ClN2O6. The number of nitrogens with one attached hydrogen (secondary N) is 1. The molecule has 1 aliphatic heterocycles. The summed E-state index contributed by atoms with van der Waals surface area (Å²) in [6, 6.07) is 17.8. The summed E-state index contributed by atoms with van der Waals surface area (Å²) in [6.45, 7) is 4.19. The fourth-order valence-electron chi connectivity index (χ4n) is 3.96. The minimum Gasteiger partial charge on any atom is -0.494 e. The molecule has 4 amide bonds. The van der Waals surface area contributed by atoms with Crippen LogP contribution in [0.15, 0.2) is 72.3 Å². The fourth-order valence-corrected chi connectivity index (χ4v) is 4.17. The zero-order chi connectivity index (χ0) is 27.2. The number of hydrogen-bond donors (Lipinski definition) is 1. The number of imide groups is 2. The van der Waals surface area contributed by atoms with Gasteiger partial charge in [0.25, 0.3) is 11.8 Å². The number of carbonyl (C=O) groups is 4. The summed E-state index contributed by atoms with van der Waals surface area (Å²) < 4.78 is 10.8. The summed E-state index contributed by atoms with van der Waals surface area (Å²) in [5.74, 6) is -1.53. The van der Waals surface area contributed by atoms with Crippen LogP contribution in [0.4, 0.5) is 10.5 Å². The van der Waals surface area contributed by atoms with Gasteiger partial charge >= 0.3 is 12.0 Å². The Kier molecular flexibility index (Phi) is 8.23. The van der Waals surface area contributed by atoms with Crippen LogP contribution in [-0.2, 0) is 20.7 Å². The molecule has 1 heterocycles. The number of carbonyl (C=O) groups excluding carboxylic acids is 4. The number of ether oxygens (including phenoxy) is 2. The second kappa shape index (κ2) is 11.7. The van der Waals surface area contributed by atoms with Crippen molar-refractivity contribution in [3.05, 3.63) is 99.6 Å². The van der Waals surface area contributed by atoms with Crippen molar-refractivity contribution in [2.75, 3.05) is 18.1 Å². The Labute approximate surface area is 224 Å². The Bertz CT molecular complexity index is 1430. The lowest BCUT2D eigenvalue weighted by molar-refractivity contribution is -0.122. The molecule has 1 saturated heterocycles. The number of urea groups is 1. The summed E-state index contributed by atoms with van der Waals surface area (Å²) in [5, 5.41) is 2.84. The van der Waals surface area contributed by atoms with Gasteiger partial charge in [0.15, 0.2) is 0 Å². The average molecular weight is 533 g/mol. The maximum absolute atomic E-state index is 13.3. The number of amides is 4. The number of nitrogens with zero attached hydrogens (tertiary/aromatic N) is 1. The van der Waals surface area contributed by atoms with Crippen LogP contribution in [0.1, 0.15) is 40.9 Å². The van der Waals surface area contributed by atoms with Crippen LogP contribution in [0.2, 0.25) is 5.02 Å². The molecular weight excluding hydrogens is 508 g/mol. The van der Waals surface area contributed by atoms with Crippen LogP contribution in [0.25, 0.3) is 6.08 Å². The van der Waals surface area contributed by atoms with Gasteiger partial charge in [0.1, 0.15) is 11.3 Å². The highest BCUT2D eigenvalue weighted by molar-refractivity contribution is 6.39. The van der Waals surface area contributed by atoms with E-state index in [9.17, 15) is 19.2 Å². The summed E-state index contributed by atoms with van der Waals surface area (Å²) in [5.41, 5.74) is 2.62. The number of rotatable bonds is 8. The Balaban J connectivity index is 1.63. The number of esters is 1. The van der Waals surface area contributed by atoms with E-state index in [1.165, 1.54) is 30.3 Å². The van der Waals surface area contributed by atoms with Gasteiger partial charge in [0.2, 0.25) is 0 Å². The van der Waals surface area contributed by atoms with E-state index in [1.807, 2.05) is 37.3 Å². The zero-order valence-electron chi connectivity index (χ0n) is 20.8. The minimum absolute atomic E-state index is 0.198. The van der Waals surface area contributed by atoms with Crippen molar-refractivity contribution >= 4 is 47.2 Å². The molecule has 1 fully saturated rings. The van der Waals surface area contributed by atoms with Gasteiger partial charge in [0, 0.05) is 11.4 Å². The fraction of sp³-hybridized carbons (Fsp3) is 0.172. The van der Waals surface area contributed by atoms with Crippen LogP contribution < -0.4 is 15.0 Å². The largest absolute Gasteiger partial charge is 0.494 e. The molecule has 4 rings (SSSR count). The van der Waals surface area contributed by atoms with Crippen LogP contribution in [0, 0.1) is 0 Å². The van der Waals surface area contributed by atoms with Crippen molar-refractivity contribution in [2.45, 2.75) is 20.3 Å². The first-order chi connectivity index (χ1) is 18.3. The van der Waals surface area contributed by atoms with E-state index in [0.717, 1.165) is 16.0 Å². The number of halogens is 1. The number of benzene rings is 3. The quantitative estimate of drug-likeness (QED) is 0.244. The second-order valence-electron chi connectivity index (χ2n) is 8.29. The number of anilines is 1. The van der Waals surface area contributed by atoms with Gasteiger partial charge in [0.05, 0.1) is 24.5 Å². The Morgan fingerprint density at radius 1 is 0.947 bits per heavy atom. The van der Waals surface area contributed by atoms with Crippen molar-refractivity contribution in [2.24, 2.45) is 0 Å². The standard InChI is InChI=1S/C29H25ClN2O6/c1-3-37-25-16-18(9-10-21(25)17-20-7-5-6-8-24(20)30)15-23-26(33)31-29(36)32(27(23)34)22-13-11-19(12-14-22)28(35)38-4-2/h5-16H,3-4,17H2,1-2H3,(H,31,33,36)/b23-15+. The van der Waals surface area contributed by atoms with Gasteiger partial charge in [-0.3, -0.25) is 14.9 Å². The zero-order valence-corrected chi connectivity index (χ0v) is 21.6. The van der Waals surface area contributed by atoms with Crippen molar-refractivity contribution in [1.29, 1.82) is 0 Å². The Morgan fingerprint density at radius 2 is 1.68 bits per heavy atom. The molecule has 1 N–H and O–H groups in total. The molecule has 0 aromatic heterocycles. The summed E-state index contributed by atoms with van der Waals surface area (Å²) in [6.07, 6.45) is 1.95. The van der Waals surface area contributed by atoms with Crippen molar-refractivity contribution in [3.8, 4) is 5.75 Å². The molecule has 1 aliphatic rings. The van der Waals surface area contributed by atoms with E-state index in [4.69, 9.17) is 21.1 Å². The van der Waals surface area contributed by atoms with Crippen molar-refractivity contribution in [1.82, 2.24) is 5.32 Å². The molecule has 0 bridgehead atoms. The second-order valence-corrected chi connectivity index (χ2v) is 8.70. The lowest BCUT2D eigenvalue weighted by Gasteiger charge is -2.26. The summed E-state index contributed by atoms with van der Waals surface area (Å²) >= 11 is 6.32. The van der Waals surface area contributed by atoms with Gasteiger partial charge in [-0.25, -0.2) is 14.5 Å². The van der Waals surface area contributed by atoms with E-state index in [-0.39, 0.29) is 23.4 Å². The average Bonchev–Trinajstić information content (AvgIpc) is 2.90. The number of hydrogen-bond acceptors (Lipinski definition) is 6. The Morgan fingerprint density at radius 3 is 2.37 bits per heavy atom. The lowest BCUT2D eigenvalue weighted by Crippen LogP contribution is -2.54. The molecule has 3 aromatic rings. The first-order valence-corrected chi connectivity index (χ1v) is 12.4. The monoisotopic (exact) mass is 532 g/mol. The van der Waals surface area contributed by atoms with Crippen LogP contribution in [-0.4, -0.2) is 37.0 Å². The highest BCUT2D eigenvalue weighted by Gasteiger charge is 2.37. The van der Waals surface area contributed by atoms with Crippen LogP contribution in [0.5, 0.6) is 5.75 Å². The number of barbiturate groups is 1. The molecule has 8 nitrogen and oxygen atoms in total. The highest BCUT2D eigenvalue weighted by atomic mass is 35.5. The molecule has 38 heavy (non-hydrogen) atoms. The molecule has 0 atom stereocenters. The van der Waals surface area contributed by atoms with Crippen LogP contribution >= 0.6 is 11.6 Å². The van der Waals surface area contributed by atoms with Gasteiger partial charge in [-0.15, -0.1) is 0 Å². The van der Waals surface area contributed by atoms with Crippen molar-refractivity contribution < 1.29 is 28.7 Å². The third-order valence-electron chi connectivity index (χ3n) is 5.78. The van der Waals surface area contributed by atoms with E-state index < -0.39 is 23.8 Å². The summed E-state index contributed by atoms with van der Waals surface area (Å²) in [7, 11) is 0. The Hall–Kier alpha value is -4.43. The molecule has 9 heteroatoms. The van der Waals surface area contributed by atoms with Crippen molar-refractivity contribution in [3.63, 3.8) is 0 Å². The van der Waals surface area contributed by atoms with Gasteiger partial charge in [-0.05, 0) is 73.0 Å². The van der Waals surface area contributed by atoms with Gasteiger partial charge in [-0.1, -0.05) is 41.9 Å². The van der Waals surface area contributed by atoms with E-state index >= 15 is 0 Å². The molecule has 0 radical (unpaired) electrons. The third kappa shape index (κ3) is 5.76. The third-order valence-corrected chi connectivity index (χ3v) is 6.15. The molecule has 0 saturated carbocycles. The van der Waals surface area contributed by atoms with Crippen LogP contribution in [0.3, 0.4) is 0 Å². The smallest absolute Gasteiger partial charge is 0.338 e. The molecule has 0 spiro atoms. The minimum atomic E-state index is -0.883. The predicted molar refractivity (Wildman–Crippen MR) is 143 cm³/mol. The maximum Gasteiger partial charge on any atom is 0.338 e. The highest BCUT2D eigenvalue weighted by Crippen LogP contribution is 2.28. The van der Waals surface area contributed by atoms with Gasteiger partial charge < -0.3 is 9.47 Å². The van der Waals surface area contributed by atoms with E-state index in [0.29, 0.717) is 29.4 Å². The van der Waals surface area contributed by atoms with E-state index in [1.54, 1.807) is 19.1 Å². The normalized spacial score (nSPS) is 14.4. The summed E-state index contributed by atoms with van der Waals surface area (Å²) in [4.78, 5) is 51.2. The molecule has 0 unspecified atom stereocenters. The van der Waals surface area contributed by atoms with E-state index in [2.05, 4.69) is 5.32 Å². The lowest BCUT2D eigenvalue weighted by atomic mass is 10.0. The molecule has 194 valence electrons. The SMILES string of the molecule is CCOC(=O)c1ccc(N2C(=O)NC(=O)/C(=C\c3ccc(Cc4ccccc4Cl)c(OCC)c3)C2=O)cc1. The predicted octanol–water partition coefficient (Wildman–Crippen LogP) is 5.17. The molecule has 3 aromatic carbocycles. The first-order valence-electron chi connectivity index (χ1n) is 12.0. The molecule has 0 aliphatic carbocycles. The first kappa shape index (κ1) is 26.6. The topological polar surface area (TPSA) is 102 Å². The van der Waals surface area contributed by atoms with Gasteiger partial charge in [-0.2, -0.15) is 0 Å². The maximum atomic E-state index is 13.3.